The number of carbonyl (C=O) groups excluding carboxylic acids is 1. The Morgan fingerprint density at radius 2 is 2.07 bits per heavy atom. The molecule has 0 amide bonds. The standard InChI is InChI=1S/C22H26N4OS/c1-3-13-26-21(16-9-5-4-6-10-16)24-25-22(26)28-14-19(27)20-15(2)23-18-12-8-7-11-17(18)20/h3,7-8,11-12,16,23H,1,4-6,9-10,13-14H2,2H3. The third kappa shape index (κ3) is 3.65. The molecule has 2 heterocycles. The topological polar surface area (TPSA) is 63.6 Å². The highest BCUT2D eigenvalue weighted by Crippen LogP contribution is 2.33. The summed E-state index contributed by atoms with van der Waals surface area (Å²) in [6.07, 6.45) is 8.05. The number of ketones is 1. The van der Waals surface area contributed by atoms with E-state index >= 15 is 0 Å². The third-order valence-corrected chi connectivity index (χ3v) is 6.50. The fourth-order valence-corrected chi connectivity index (χ4v) is 5.04. The monoisotopic (exact) mass is 394 g/mol. The lowest BCUT2D eigenvalue weighted by Crippen LogP contribution is -2.13. The summed E-state index contributed by atoms with van der Waals surface area (Å²) in [5, 5.41) is 10.7. The molecule has 0 bridgehead atoms. The number of para-hydroxylation sites is 1. The van der Waals surface area contributed by atoms with Crippen molar-refractivity contribution in [3.8, 4) is 0 Å². The number of nitrogens with zero attached hydrogens (tertiary/aromatic N) is 3. The molecule has 1 fully saturated rings. The molecule has 146 valence electrons. The van der Waals surface area contributed by atoms with Crippen molar-refractivity contribution in [3.63, 3.8) is 0 Å². The molecule has 1 aliphatic carbocycles. The van der Waals surface area contributed by atoms with Gasteiger partial charge in [-0.25, -0.2) is 0 Å². The number of hydrogen-bond acceptors (Lipinski definition) is 4. The minimum atomic E-state index is 0.118. The van der Waals surface area contributed by atoms with Crippen molar-refractivity contribution in [2.24, 2.45) is 0 Å². The first-order chi connectivity index (χ1) is 13.7. The fourth-order valence-electron chi connectivity index (χ4n) is 4.21. The number of aromatic amines is 1. The van der Waals surface area contributed by atoms with Gasteiger partial charge in [-0.15, -0.1) is 16.8 Å². The maximum absolute atomic E-state index is 13.0. The van der Waals surface area contributed by atoms with E-state index in [1.165, 1.54) is 43.9 Å². The van der Waals surface area contributed by atoms with Gasteiger partial charge in [-0.05, 0) is 25.8 Å². The molecule has 5 nitrogen and oxygen atoms in total. The molecule has 0 spiro atoms. The predicted molar refractivity (Wildman–Crippen MR) is 114 cm³/mol. The van der Waals surface area contributed by atoms with E-state index in [1.807, 2.05) is 37.3 Å². The number of rotatable bonds is 7. The molecule has 0 saturated heterocycles. The zero-order valence-corrected chi connectivity index (χ0v) is 17.1. The largest absolute Gasteiger partial charge is 0.358 e. The molecule has 28 heavy (non-hydrogen) atoms. The summed E-state index contributed by atoms with van der Waals surface area (Å²) in [4.78, 5) is 16.3. The van der Waals surface area contributed by atoms with E-state index in [9.17, 15) is 4.79 Å². The van der Waals surface area contributed by atoms with Crippen molar-refractivity contribution >= 4 is 28.4 Å². The number of carbonyl (C=O) groups is 1. The highest BCUT2D eigenvalue weighted by molar-refractivity contribution is 7.99. The van der Waals surface area contributed by atoms with Gasteiger partial charge >= 0.3 is 0 Å². The van der Waals surface area contributed by atoms with E-state index in [-0.39, 0.29) is 5.78 Å². The van der Waals surface area contributed by atoms with Crippen LogP contribution in [0.15, 0.2) is 42.1 Å². The summed E-state index contributed by atoms with van der Waals surface area (Å²) in [6.45, 7) is 6.53. The van der Waals surface area contributed by atoms with Crippen LogP contribution in [0.1, 0.15) is 59.9 Å². The van der Waals surface area contributed by atoms with Gasteiger partial charge in [0, 0.05) is 34.6 Å². The van der Waals surface area contributed by atoms with E-state index in [4.69, 9.17) is 0 Å². The molecule has 0 atom stereocenters. The molecule has 4 rings (SSSR count). The van der Waals surface area contributed by atoms with E-state index in [0.29, 0.717) is 18.2 Å². The lowest BCUT2D eigenvalue weighted by molar-refractivity contribution is 0.102. The Morgan fingerprint density at radius 1 is 1.29 bits per heavy atom. The van der Waals surface area contributed by atoms with Crippen molar-refractivity contribution in [1.82, 2.24) is 19.7 Å². The number of allylic oxidation sites excluding steroid dienone is 1. The Bertz CT molecular complexity index is 997. The highest BCUT2D eigenvalue weighted by atomic mass is 32.2. The van der Waals surface area contributed by atoms with Gasteiger partial charge in [-0.1, -0.05) is 55.3 Å². The quantitative estimate of drug-likeness (QED) is 0.336. The number of aromatic nitrogens is 4. The molecule has 6 heteroatoms. The molecule has 1 N–H and O–H groups in total. The Balaban J connectivity index is 1.54. The molecular weight excluding hydrogens is 368 g/mol. The minimum absolute atomic E-state index is 0.118. The second kappa shape index (κ2) is 8.35. The van der Waals surface area contributed by atoms with Gasteiger partial charge in [0.25, 0.3) is 0 Å². The van der Waals surface area contributed by atoms with Crippen LogP contribution in [-0.2, 0) is 6.54 Å². The van der Waals surface area contributed by atoms with Crippen molar-refractivity contribution < 1.29 is 4.79 Å². The van der Waals surface area contributed by atoms with Crippen molar-refractivity contribution in [3.05, 3.63) is 54.0 Å². The first-order valence-electron chi connectivity index (χ1n) is 9.96. The molecule has 0 unspecified atom stereocenters. The van der Waals surface area contributed by atoms with Crippen LogP contribution in [0.25, 0.3) is 10.9 Å². The number of thioether (sulfide) groups is 1. The minimum Gasteiger partial charge on any atom is -0.358 e. The van der Waals surface area contributed by atoms with Crippen molar-refractivity contribution in [1.29, 1.82) is 0 Å². The van der Waals surface area contributed by atoms with Crippen LogP contribution in [0.3, 0.4) is 0 Å². The Labute approximate surface area is 169 Å². The highest BCUT2D eigenvalue weighted by Gasteiger charge is 2.24. The molecule has 1 saturated carbocycles. The average Bonchev–Trinajstić information content (AvgIpc) is 3.27. The summed E-state index contributed by atoms with van der Waals surface area (Å²) in [6, 6.07) is 7.95. The number of H-pyrrole nitrogens is 1. The van der Waals surface area contributed by atoms with Gasteiger partial charge in [-0.3, -0.25) is 4.79 Å². The second-order valence-corrected chi connectivity index (χ2v) is 8.40. The maximum atomic E-state index is 13.0. The summed E-state index contributed by atoms with van der Waals surface area (Å²) < 4.78 is 2.14. The smallest absolute Gasteiger partial charge is 0.191 e. The van der Waals surface area contributed by atoms with Crippen LogP contribution in [0, 0.1) is 6.92 Å². The lowest BCUT2D eigenvalue weighted by atomic mass is 9.89. The number of aryl methyl sites for hydroxylation is 1. The first-order valence-corrected chi connectivity index (χ1v) is 10.9. The normalized spacial score (nSPS) is 15.2. The molecule has 3 aromatic rings. The SMILES string of the molecule is C=CCn1c(SCC(=O)c2c(C)[nH]c3ccccc23)nnc1C1CCCCC1. The van der Waals surface area contributed by atoms with Gasteiger partial charge in [0.15, 0.2) is 10.9 Å². The summed E-state index contributed by atoms with van der Waals surface area (Å²) in [5.74, 6) is 2.00. The second-order valence-electron chi connectivity index (χ2n) is 7.46. The van der Waals surface area contributed by atoms with Crippen LogP contribution >= 0.6 is 11.8 Å². The fraction of sp³-hybridized carbons (Fsp3) is 0.409. The Kier molecular flexibility index (Phi) is 5.67. The number of Topliss-reactive ketones (excluding diaryl/α,β-unsaturated/α-hetero) is 1. The molecule has 1 aliphatic rings. The number of benzene rings is 1. The van der Waals surface area contributed by atoms with E-state index in [2.05, 4.69) is 26.3 Å². The summed E-state index contributed by atoms with van der Waals surface area (Å²) in [7, 11) is 0. The van der Waals surface area contributed by atoms with Gasteiger partial charge < -0.3 is 9.55 Å². The van der Waals surface area contributed by atoms with Gasteiger partial charge in [0.05, 0.1) is 5.75 Å². The van der Waals surface area contributed by atoms with Crippen molar-refractivity contribution in [2.75, 3.05) is 5.75 Å². The van der Waals surface area contributed by atoms with Gasteiger partial charge in [0.2, 0.25) is 0 Å². The Morgan fingerprint density at radius 3 is 2.86 bits per heavy atom. The molecule has 0 radical (unpaired) electrons. The van der Waals surface area contributed by atoms with E-state index < -0.39 is 0 Å². The average molecular weight is 395 g/mol. The van der Waals surface area contributed by atoms with E-state index in [1.54, 1.807) is 0 Å². The lowest BCUT2D eigenvalue weighted by Gasteiger charge is -2.21. The first kappa shape index (κ1) is 19.0. The summed E-state index contributed by atoms with van der Waals surface area (Å²) in [5.41, 5.74) is 2.70. The zero-order valence-electron chi connectivity index (χ0n) is 16.3. The zero-order chi connectivity index (χ0) is 19.5. The molecule has 0 aliphatic heterocycles. The summed E-state index contributed by atoms with van der Waals surface area (Å²) >= 11 is 1.47. The maximum Gasteiger partial charge on any atom is 0.191 e. The van der Waals surface area contributed by atoms with Gasteiger partial charge in [0.1, 0.15) is 5.82 Å². The predicted octanol–water partition coefficient (Wildman–Crippen LogP) is 5.28. The van der Waals surface area contributed by atoms with Crippen LogP contribution in [0.2, 0.25) is 0 Å². The Hall–Kier alpha value is -2.34. The molecular formula is C22H26N4OS. The van der Waals surface area contributed by atoms with Gasteiger partial charge in [-0.2, -0.15) is 0 Å². The van der Waals surface area contributed by atoms with Crippen LogP contribution in [0.4, 0.5) is 0 Å². The third-order valence-electron chi connectivity index (χ3n) is 5.53. The number of nitrogens with one attached hydrogen (secondary N) is 1. The van der Waals surface area contributed by atoms with Crippen LogP contribution in [-0.4, -0.2) is 31.3 Å². The van der Waals surface area contributed by atoms with Crippen LogP contribution in [0.5, 0.6) is 0 Å². The molecule has 2 aromatic heterocycles. The van der Waals surface area contributed by atoms with E-state index in [0.717, 1.165) is 33.1 Å². The number of fused-ring (bicyclic) bond motifs is 1. The number of hydrogen-bond donors (Lipinski definition) is 1. The molecule has 1 aromatic carbocycles. The van der Waals surface area contributed by atoms with Crippen molar-refractivity contribution in [2.45, 2.75) is 56.6 Å². The van der Waals surface area contributed by atoms with Crippen LogP contribution < -0.4 is 0 Å².